The van der Waals surface area contributed by atoms with Gasteiger partial charge in [-0.25, -0.2) is 4.98 Å². The lowest BCUT2D eigenvalue weighted by Crippen LogP contribution is -2.30. The van der Waals surface area contributed by atoms with Crippen LogP contribution in [0.15, 0.2) is 48.1 Å². The average molecular weight is 433 g/mol. The van der Waals surface area contributed by atoms with E-state index >= 15 is 0 Å². The van der Waals surface area contributed by atoms with Crippen LogP contribution in [-0.2, 0) is 22.4 Å². The molecule has 0 saturated carbocycles. The highest BCUT2D eigenvalue weighted by atomic mass is 32.1. The van der Waals surface area contributed by atoms with Gasteiger partial charge in [0.15, 0.2) is 5.13 Å². The van der Waals surface area contributed by atoms with Crippen LogP contribution in [0.25, 0.3) is 11.3 Å². The molecule has 1 aliphatic carbocycles. The summed E-state index contributed by atoms with van der Waals surface area (Å²) in [5.41, 5.74) is 5.67. The van der Waals surface area contributed by atoms with Crippen LogP contribution < -0.4 is 5.32 Å². The maximum absolute atomic E-state index is 13.1. The molecule has 2 aromatic heterocycles. The summed E-state index contributed by atoms with van der Waals surface area (Å²) in [4.78, 5) is 35.9. The van der Waals surface area contributed by atoms with Crippen molar-refractivity contribution in [1.29, 1.82) is 0 Å². The number of benzene rings is 1. The summed E-state index contributed by atoms with van der Waals surface area (Å²) in [6, 6.07) is 9.98. The third-order valence-electron chi connectivity index (χ3n) is 6.33. The van der Waals surface area contributed by atoms with Crippen molar-refractivity contribution in [2.75, 3.05) is 12.4 Å². The number of nitrogens with zero attached hydrogens (tertiary/aromatic N) is 3. The molecule has 0 spiro atoms. The number of fused-ring (bicyclic) bond motifs is 1. The number of aromatic nitrogens is 2. The zero-order valence-electron chi connectivity index (χ0n) is 17.4. The third kappa shape index (κ3) is 3.85. The number of nitrogens with one attached hydrogen (secondary N) is 1. The van der Waals surface area contributed by atoms with Crippen molar-refractivity contribution in [3.63, 3.8) is 0 Å². The highest BCUT2D eigenvalue weighted by Crippen LogP contribution is 2.38. The molecule has 2 atom stereocenters. The molecular formula is C24H24N4O2S. The second-order valence-corrected chi connectivity index (χ2v) is 9.12. The fraction of sp³-hybridized carbons (Fsp3) is 0.333. The lowest BCUT2D eigenvalue weighted by molar-refractivity contribution is -0.127. The largest absolute Gasteiger partial charge is 0.338 e. The standard InChI is InChI=1S/C24H24N4O2S/c1-28-21(29)12-19(22(28)18-7-4-10-25-13-18)23(30)27-24-26-20(14-31-24)17-9-8-15-5-2-3-6-16(15)11-17/h4,7-11,13-14,19,22H,2-3,5-6,12H2,1H3,(H,26,27,30). The first-order valence-corrected chi connectivity index (χ1v) is 11.5. The van der Waals surface area contributed by atoms with Crippen molar-refractivity contribution in [3.8, 4) is 11.3 Å². The van der Waals surface area contributed by atoms with Gasteiger partial charge in [-0.1, -0.05) is 18.2 Å². The normalized spacial score (nSPS) is 20.5. The maximum Gasteiger partial charge on any atom is 0.232 e. The Bertz CT molecular complexity index is 1130. The van der Waals surface area contributed by atoms with Crippen molar-refractivity contribution in [3.05, 3.63) is 64.8 Å². The molecule has 2 aliphatic rings. The number of rotatable bonds is 4. The quantitative estimate of drug-likeness (QED) is 0.669. The zero-order chi connectivity index (χ0) is 21.4. The number of thiazole rings is 1. The Balaban J connectivity index is 1.34. The molecule has 2 unspecified atom stereocenters. The van der Waals surface area contributed by atoms with Gasteiger partial charge in [-0.15, -0.1) is 11.3 Å². The Morgan fingerprint density at radius 3 is 2.84 bits per heavy atom. The number of likely N-dealkylation sites (tertiary alicyclic amines) is 1. The minimum absolute atomic E-state index is 0.0390. The van der Waals surface area contributed by atoms with Crippen LogP contribution in [0.5, 0.6) is 0 Å². The van der Waals surface area contributed by atoms with Crippen molar-refractivity contribution in [1.82, 2.24) is 14.9 Å². The molecular weight excluding hydrogens is 408 g/mol. The number of aryl methyl sites for hydroxylation is 2. The highest BCUT2D eigenvalue weighted by molar-refractivity contribution is 7.14. The van der Waals surface area contributed by atoms with Gasteiger partial charge < -0.3 is 10.2 Å². The lowest BCUT2D eigenvalue weighted by Gasteiger charge is -2.24. The first kappa shape index (κ1) is 19.9. The van der Waals surface area contributed by atoms with Crippen molar-refractivity contribution in [2.45, 2.75) is 38.1 Å². The number of anilines is 1. The van der Waals surface area contributed by atoms with E-state index in [1.54, 1.807) is 24.3 Å². The Morgan fingerprint density at radius 2 is 2.03 bits per heavy atom. The number of hydrogen-bond donors (Lipinski definition) is 1. The SMILES string of the molecule is CN1C(=O)CC(C(=O)Nc2nc(-c3ccc4c(c3)CCCC4)cs2)C1c1cccnc1. The molecule has 6 nitrogen and oxygen atoms in total. The molecule has 5 rings (SSSR count). The number of carbonyl (C=O) groups is 2. The molecule has 1 aliphatic heterocycles. The van der Waals surface area contributed by atoms with Gasteiger partial charge in [0, 0.05) is 36.8 Å². The van der Waals surface area contributed by atoms with Gasteiger partial charge in [0.05, 0.1) is 17.7 Å². The van der Waals surface area contributed by atoms with E-state index in [9.17, 15) is 9.59 Å². The van der Waals surface area contributed by atoms with Gasteiger partial charge in [-0.2, -0.15) is 0 Å². The number of hydrogen-bond acceptors (Lipinski definition) is 5. The number of amides is 2. The van der Waals surface area contributed by atoms with E-state index < -0.39 is 5.92 Å². The second-order valence-electron chi connectivity index (χ2n) is 8.26. The zero-order valence-corrected chi connectivity index (χ0v) is 18.2. The summed E-state index contributed by atoms with van der Waals surface area (Å²) in [6.07, 6.45) is 8.37. The van der Waals surface area contributed by atoms with E-state index in [1.165, 1.54) is 35.3 Å². The Kier molecular flexibility index (Phi) is 5.28. The number of pyridine rings is 1. The van der Waals surface area contributed by atoms with Crippen LogP contribution in [0.1, 0.15) is 42.0 Å². The maximum atomic E-state index is 13.1. The molecule has 0 bridgehead atoms. The predicted molar refractivity (Wildman–Crippen MR) is 121 cm³/mol. The predicted octanol–water partition coefficient (Wildman–Crippen LogP) is 4.24. The summed E-state index contributed by atoms with van der Waals surface area (Å²) in [5.74, 6) is -0.696. The molecule has 3 heterocycles. The Labute approximate surface area is 185 Å². The van der Waals surface area contributed by atoms with Crippen molar-refractivity contribution in [2.24, 2.45) is 5.92 Å². The average Bonchev–Trinajstić information content (AvgIpc) is 3.38. The van der Waals surface area contributed by atoms with Crippen LogP contribution in [0.2, 0.25) is 0 Å². The van der Waals surface area contributed by atoms with Gasteiger partial charge in [0.25, 0.3) is 0 Å². The van der Waals surface area contributed by atoms with E-state index in [-0.39, 0.29) is 24.3 Å². The Morgan fingerprint density at radius 1 is 1.19 bits per heavy atom. The van der Waals surface area contributed by atoms with Gasteiger partial charge in [-0.05, 0) is 54.5 Å². The molecule has 7 heteroatoms. The summed E-state index contributed by atoms with van der Waals surface area (Å²) in [6.45, 7) is 0. The summed E-state index contributed by atoms with van der Waals surface area (Å²) >= 11 is 1.41. The monoisotopic (exact) mass is 432 g/mol. The molecule has 1 N–H and O–H groups in total. The second kappa shape index (κ2) is 8.23. The van der Waals surface area contributed by atoms with E-state index in [0.29, 0.717) is 5.13 Å². The molecule has 0 radical (unpaired) electrons. The minimum Gasteiger partial charge on any atom is -0.338 e. The number of carbonyl (C=O) groups excluding carboxylic acids is 2. The van der Waals surface area contributed by atoms with E-state index in [4.69, 9.17) is 0 Å². The fourth-order valence-electron chi connectivity index (χ4n) is 4.67. The van der Waals surface area contributed by atoms with Crippen LogP contribution in [0.3, 0.4) is 0 Å². The first-order chi connectivity index (χ1) is 15.1. The third-order valence-corrected chi connectivity index (χ3v) is 7.09. The van der Waals surface area contributed by atoms with Gasteiger partial charge >= 0.3 is 0 Å². The molecule has 1 saturated heterocycles. The first-order valence-electron chi connectivity index (χ1n) is 10.6. The van der Waals surface area contributed by atoms with Crippen LogP contribution in [-0.4, -0.2) is 33.7 Å². The summed E-state index contributed by atoms with van der Waals surface area (Å²) in [5, 5.41) is 5.48. The van der Waals surface area contributed by atoms with Crippen LogP contribution in [0, 0.1) is 5.92 Å². The molecule has 3 aromatic rings. The fourth-order valence-corrected chi connectivity index (χ4v) is 5.39. The van der Waals surface area contributed by atoms with Gasteiger partial charge in [0.2, 0.25) is 11.8 Å². The smallest absolute Gasteiger partial charge is 0.232 e. The van der Waals surface area contributed by atoms with Crippen molar-refractivity contribution < 1.29 is 9.59 Å². The summed E-state index contributed by atoms with van der Waals surface area (Å²) in [7, 11) is 1.74. The molecule has 31 heavy (non-hydrogen) atoms. The molecule has 2 amide bonds. The summed E-state index contributed by atoms with van der Waals surface area (Å²) < 4.78 is 0. The van der Waals surface area contributed by atoms with Gasteiger partial charge in [-0.3, -0.25) is 14.6 Å². The molecule has 1 fully saturated rings. The van der Waals surface area contributed by atoms with Crippen LogP contribution >= 0.6 is 11.3 Å². The van der Waals surface area contributed by atoms with E-state index in [2.05, 4.69) is 33.5 Å². The minimum atomic E-state index is -0.474. The lowest BCUT2D eigenvalue weighted by atomic mass is 9.90. The molecule has 158 valence electrons. The van der Waals surface area contributed by atoms with E-state index in [0.717, 1.165) is 29.7 Å². The Hall–Kier alpha value is -3.06. The highest BCUT2D eigenvalue weighted by Gasteiger charge is 2.43. The molecule has 1 aromatic carbocycles. The van der Waals surface area contributed by atoms with Gasteiger partial charge in [0.1, 0.15) is 0 Å². The topological polar surface area (TPSA) is 75.2 Å². The van der Waals surface area contributed by atoms with Crippen molar-refractivity contribution >= 4 is 28.3 Å². The van der Waals surface area contributed by atoms with E-state index in [1.807, 2.05) is 17.5 Å². The van der Waals surface area contributed by atoms with Crippen LogP contribution in [0.4, 0.5) is 5.13 Å².